The van der Waals surface area contributed by atoms with Crippen molar-refractivity contribution < 1.29 is 9.13 Å². The third kappa shape index (κ3) is 4.02. The van der Waals surface area contributed by atoms with Crippen molar-refractivity contribution in [2.75, 3.05) is 12.8 Å². The Morgan fingerprint density at radius 3 is 2.85 bits per heavy atom. The number of hydrazone groups is 1. The Bertz CT molecular complexity index is 1310. The number of nitrogens with zero attached hydrogens (tertiary/aromatic N) is 4. The van der Waals surface area contributed by atoms with Gasteiger partial charge in [0.05, 0.1) is 22.8 Å². The van der Waals surface area contributed by atoms with Gasteiger partial charge in [-0.05, 0) is 56.4 Å². The van der Waals surface area contributed by atoms with Crippen LogP contribution in [0, 0.1) is 17.1 Å². The van der Waals surface area contributed by atoms with Gasteiger partial charge in [-0.2, -0.15) is 10.2 Å². The number of aryl methyl sites for hydroxylation is 1. The number of nitrogens with one attached hydrogen (secondary N) is 2. The summed E-state index contributed by atoms with van der Waals surface area (Å²) in [6.07, 6.45) is 4.85. The molecule has 1 aliphatic carbocycles. The first-order chi connectivity index (χ1) is 16.4. The first-order valence-corrected chi connectivity index (χ1v) is 11.4. The van der Waals surface area contributed by atoms with E-state index in [0.717, 1.165) is 28.9 Å². The molecular formula is C25H28FN7O. The molecule has 1 aromatic carbocycles. The Labute approximate surface area is 197 Å². The van der Waals surface area contributed by atoms with Crippen LogP contribution in [0.25, 0.3) is 11.1 Å². The predicted octanol–water partition coefficient (Wildman–Crippen LogP) is 3.80. The molecule has 3 aromatic rings. The SMILES string of the molecule is CN/N=C1/Cc2c(c(CC3CC3)nn2C)-c2cnc(N)c(c2)O[C@H](C)c2cc(F)ccc2C1=N. The molecule has 0 radical (unpaired) electrons. The first kappa shape index (κ1) is 22.1. The summed E-state index contributed by atoms with van der Waals surface area (Å²) in [6, 6.07) is 6.23. The summed E-state index contributed by atoms with van der Waals surface area (Å²) >= 11 is 0. The highest BCUT2D eigenvalue weighted by molar-refractivity contribution is 6.47. The fourth-order valence-electron chi connectivity index (χ4n) is 4.56. The van der Waals surface area contributed by atoms with Crippen LogP contribution in [0.1, 0.15) is 48.4 Å². The normalized spacial score (nSPS) is 19.0. The van der Waals surface area contributed by atoms with Crippen molar-refractivity contribution in [1.29, 1.82) is 5.41 Å². The highest BCUT2D eigenvalue weighted by Crippen LogP contribution is 2.39. The van der Waals surface area contributed by atoms with E-state index < -0.39 is 11.9 Å². The molecule has 4 N–H and O–H groups in total. The van der Waals surface area contributed by atoms with E-state index in [1.54, 1.807) is 19.3 Å². The van der Waals surface area contributed by atoms with E-state index in [1.807, 2.05) is 24.7 Å². The van der Waals surface area contributed by atoms with Crippen LogP contribution in [0.5, 0.6) is 5.75 Å². The smallest absolute Gasteiger partial charge is 0.166 e. The predicted molar refractivity (Wildman–Crippen MR) is 130 cm³/mol. The quantitative estimate of drug-likeness (QED) is 0.514. The second-order valence-corrected chi connectivity index (χ2v) is 8.97. The largest absolute Gasteiger partial charge is 0.482 e. The van der Waals surface area contributed by atoms with Gasteiger partial charge in [-0.15, -0.1) is 0 Å². The Morgan fingerprint density at radius 1 is 1.32 bits per heavy atom. The average molecular weight is 462 g/mol. The number of hydrogen-bond acceptors (Lipinski definition) is 7. The van der Waals surface area contributed by atoms with Crippen LogP contribution in [-0.4, -0.2) is 33.2 Å². The number of anilines is 1. The lowest BCUT2D eigenvalue weighted by Gasteiger charge is -2.22. The van der Waals surface area contributed by atoms with Crippen LogP contribution in [0.4, 0.5) is 10.2 Å². The molecule has 2 aromatic heterocycles. The van der Waals surface area contributed by atoms with Crippen molar-refractivity contribution in [3.63, 3.8) is 0 Å². The lowest BCUT2D eigenvalue weighted by atomic mass is 9.92. The standard InChI is InChI=1S/C25H28FN7O/c1-13-18-10-16(26)6-7-17(18)24(27)20(31-29-2)11-21-23(15-9-22(34-13)25(28)30-12-15)19(32-33(21)3)8-14-4-5-14/h6-7,9-10,12-14,27,29H,4-5,8,11H2,1-3H3,(H2,28,30)/b27-24?,31-20-/t13-/m1/s1. The van der Waals surface area contributed by atoms with Crippen molar-refractivity contribution in [2.24, 2.45) is 18.1 Å². The molecule has 0 spiro atoms. The first-order valence-electron chi connectivity index (χ1n) is 11.4. The fourth-order valence-corrected chi connectivity index (χ4v) is 4.56. The molecule has 176 valence electrons. The number of ether oxygens (including phenoxy) is 1. The van der Waals surface area contributed by atoms with Crippen LogP contribution in [0.2, 0.25) is 0 Å². The molecule has 2 aliphatic rings. The van der Waals surface area contributed by atoms with Crippen molar-refractivity contribution in [1.82, 2.24) is 20.2 Å². The van der Waals surface area contributed by atoms with Crippen molar-refractivity contribution in [3.05, 3.63) is 58.8 Å². The van der Waals surface area contributed by atoms with E-state index in [2.05, 4.69) is 15.5 Å². The molecule has 9 heteroatoms. The number of nitrogens with two attached hydrogens (primary N) is 1. The lowest BCUT2D eigenvalue weighted by Crippen LogP contribution is -2.24. The van der Waals surface area contributed by atoms with Gasteiger partial charge in [0.25, 0.3) is 0 Å². The van der Waals surface area contributed by atoms with Crippen molar-refractivity contribution in [2.45, 2.75) is 38.7 Å². The fraction of sp³-hybridized carbons (Fsp3) is 0.360. The van der Waals surface area contributed by atoms with Gasteiger partial charge in [0.1, 0.15) is 11.9 Å². The molecule has 0 unspecified atom stereocenters. The summed E-state index contributed by atoms with van der Waals surface area (Å²) < 4.78 is 22.3. The third-order valence-electron chi connectivity index (χ3n) is 6.48. The van der Waals surface area contributed by atoms with Crippen LogP contribution in [-0.2, 0) is 19.9 Å². The summed E-state index contributed by atoms with van der Waals surface area (Å²) in [6.45, 7) is 1.81. The number of benzene rings is 1. The van der Waals surface area contributed by atoms with E-state index in [9.17, 15) is 4.39 Å². The van der Waals surface area contributed by atoms with E-state index in [4.69, 9.17) is 21.0 Å². The maximum Gasteiger partial charge on any atom is 0.166 e. The Hall–Kier alpha value is -3.75. The molecule has 2 bridgehead atoms. The molecule has 1 aliphatic heterocycles. The zero-order valence-corrected chi connectivity index (χ0v) is 19.5. The van der Waals surface area contributed by atoms with Crippen molar-refractivity contribution >= 4 is 17.2 Å². The number of aromatic nitrogens is 3. The maximum atomic E-state index is 14.2. The number of nitrogen functional groups attached to an aromatic ring is 1. The minimum atomic E-state index is -0.569. The molecule has 5 rings (SSSR count). The van der Waals surface area contributed by atoms with Crippen LogP contribution in [0.15, 0.2) is 35.6 Å². The molecule has 8 nitrogen and oxygen atoms in total. The lowest BCUT2D eigenvalue weighted by molar-refractivity contribution is 0.227. The number of pyridine rings is 1. The van der Waals surface area contributed by atoms with E-state index in [1.165, 1.54) is 25.0 Å². The minimum Gasteiger partial charge on any atom is -0.482 e. The average Bonchev–Trinajstić information content (AvgIpc) is 3.57. The van der Waals surface area contributed by atoms with Gasteiger partial charge in [0, 0.05) is 49.0 Å². The molecule has 34 heavy (non-hydrogen) atoms. The maximum absolute atomic E-state index is 14.2. The monoisotopic (exact) mass is 461 g/mol. The molecule has 1 saturated carbocycles. The second kappa shape index (κ2) is 8.55. The van der Waals surface area contributed by atoms with Crippen molar-refractivity contribution in [3.8, 4) is 16.9 Å². The second-order valence-electron chi connectivity index (χ2n) is 8.97. The van der Waals surface area contributed by atoms with Crippen LogP contribution in [0.3, 0.4) is 0 Å². The van der Waals surface area contributed by atoms with Gasteiger partial charge in [0.2, 0.25) is 0 Å². The molecule has 0 amide bonds. The zero-order valence-electron chi connectivity index (χ0n) is 19.5. The molecular weight excluding hydrogens is 433 g/mol. The Balaban J connectivity index is 1.75. The van der Waals surface area contributed by atoms with Gasteiger partial charge < -0.3 is 15.9 Å². The van der Waals surface area contributed by atoms with E-state index in [0.29, 0.717) is 34.9 Å². The summed E-state index contributed by atoms with van der Waals surface area (Å²) in [4.78, 5) is 4.41. The minimum absolute atomic E-state index is 0.200. The highest BCUT2D eigenvalue weighted by atomic mass is 19.1. The summed E-state index contributed by atoms with van der Waals surface area (Å²) in [5.74, 6) is 0.916. The highest BCUT2D eigenvalue weighted by Gasteiger charge is 2.29. The van der Waals surface area contributed by atoms with E-state index in [-0.39, 0.29) is 11.5 Å². The van der Waals surface area contributed by atoms with Gasteiger partial charge in [-0.1, -0.05) is 0 Å². The zero-order chi connectivity index (χ0) is 24.0. The topological polar surface area (TPSA) is 114 Å². The van der Waals surface area contributed by atoms with Crippen LogP contribution >= 0.6 is 0 Å². The van der Waals surface area contributed by atoms with Gasteiger partial charge in [-0.3, -0.25) is 10.1 Å². The number of fused-ring (bicyclic) bond motifs is 5. The number of halogens is 1. The summed E-state index contributed by atoms with van der Waals surface area (Å²) in [5.41, 5.74) is 14.6. The van der Waals surface area contributed by atoms with Gasteiger partial charge >= 0.3 is 0 Å². The molecule has 3 heterocycles. The Kier molecular flexibility index (Phi) is 5.55. The number of rotatable bonds is 3. The number of hydrogen-bond donors (Lipinski definition) is 3. The van der Waals surface area contributed by atoms with Gasteiger partial charge in [0.15, 0.2) is 11.6 Å². The molecule has 0 saturated heterocycles. The molecule has 1 atom stereocenters. The van der Waals surface area contributed by atoms with E-state index >= 15 is 0 Å². The van der Waals surface area contributed by atoms with Crippen LogP contribution < -0.4 is 15.9 Å². The molecule has 1 fully saturated rings. The summed E-state index contributed by atoms with van der Waals surface area (Å²) in [5, 5.41) is 18.3. The van der Waals surface area contributed by atoms with Gasteiger partial charge in [-0.25, -0.2) is 9.37 Å². The third-order valence-corrected chi connectivity index (χ3v) is 6.48. The summed E-state index contributed by atoms with van der Waals surface area (Å²) in [7, 11) is 3.61. The Morgan fingerprint density at radius 2 is 2.12 bits per heavy atom.